The lowest BCUT2D eigenvalue weighted by molar-refractivity contribution is 0.152. The molecule has 0 unspecified atom stereocenters. The van der Waals surface area contributed by atoms with Crippen LogP contribution in [-0.4, -0.2) is 38.5 Å². The van der Waals surface area contributed by atoms with Gasteiger partial charge in [0.25, 0.3) is 0 Å². The van der Waals surface area contributed by atoms with Gasteiger partial charge in [0.15, 0.2) is 0 Å². The van der Waals surface area contributed by atoms with Crippen molar-refractivity contribution in [1.82, 2.24) is 10.6 Å². The summed E-state index contributed by atoms with van der Waals surface area (Å²) in [5.74, 6) is 0. The van der Waals surface area contributed by atoms with E-state index in [1.54, 1.807) is 0 Å². The Balaban J connectivity index is 2.54. The SMILES string of the molecule is COC(=O)N[C@H]1CC=CC[C@@H]1NC(=O)OC. The summed E-state index contributed by atoms with van der Waals surface area (Å²) < 4.78 is 9.03. The Kier molecular flexibility index (Phi) is 4.63. The van der Waals surface area contributed by atoms with E-state index in [4.69, 9.17) is 0 Å². The van der Waals surface area contributed by atoms with Crippen LogP contribution in [0, 0.1) is 0 Å². The van der Waals surface area contributed by atoms with Crippen LogP contribution in [0.5, 0.6) is 0 Å². The lowest BCUT2D eigenvalue weighted by Crippen LogP contribution is -2.52. The van der Waals surface area contributed by atoms with Gasteiger partial charge in [-0.05, 0) is 12.8 Å². The summed E-state index contributed by atoms with van der Waals surface area (Å²) in [6, 6.07) is -0.340. The fraction of sp³-hybridized carbons (Fsp3) is 0.600. The molecule has 2 amide bonds. The summed E-state index contributed by atoms with van der Waals surface area (Å²) in [4.78, 5) is 22.2. The molecule has 1 aliphatic carbocycles. The molecule has 0 radical (unpaired) electrons. The highest BCUT2D eigenvalue weighted by Crippen LogP contribution is 2.12. The summed E-state index contributed by atoms with van der Waals surface area (Å²) >= 11 is 0. The summed E-state index contributed by atoms with van der Waals surface area (Å²) in [5, 5.41) is 5.33. The first-order chi connectivity index (χ1) is 7.67. The molecule has 1 aliphatic rings. The third-order valence-corrected chi connectivity index (χ3v) is 2.41. The van der Waals surface area contributed by atoms with Gasteiger partial charge in [-0.25, -0.2) is 9.59 Å². The number of nitrogens with one attached hydrogen (secondary N) is 2. The van der Waals surface area contributed by atoms with Crippen molar-refractivity contribution in [3.63, 3.8) is 0 Å². The van der Waals surface area contributed by atoms with Gasteiger partial charge < -0.3 is 20.1 Å². The van der Waals surface area contributed by atoms with Crippen LogP contribution in [-0.2, 0) is 9.47 Å². The predicted octanol–water partition coefficient (Wildman–Crippen LogP) is 0.786. The Morgan fingerprint density at radius 2 is 1.38 bits per heavy atom. The summed E-state index contributed by atoms with van der Waals surface area (Å²) in [6.07, 6.45) is 4.22. The average Bonchev–Trinajstić information content (AvgIpc) is 2.31. The van der Waals surface area contributed by atoms with Gasteiger partial charge in [0.05, 0.1) is 26.3 Å². The summed E-state index contributed by atoms with van der Waals surface area (Å²) in [7, 11) is 2.60. The quantitative estimate of drug-likeness (QED) is 0.685. The second-order valence-electron chi connectivity index (χ2n) is 3.43. The Hall–Kier alpha value is -1.72. The molecule has 0 fully saturated rings. The highest BCUT2D eigenvalue weighted by Gasteiger charge is 2.25. The predicted molar refractivity (Wildman–Crippen MR) is 57.0 cm³/mol. The Morgan fingerprint density at radius 3 is 1.69 bits per heavy atom. The molecule has 0 aromatic rings. The average molecular weight is 228 g/mol. The molecule has 1 rings (SSSR count). The number of hydrogen-bond donors (Lipinski definition) is 2. The van der Waals surface area contributed by atoms with Crippen LogP contribution < -0.4 is 10.6 Å². The third kappa shape index (κ3) is 3.45. The van der Waals surface area contributed by atoms with Crippen molar-refractivity contribution >= 4 is 12.2 Å². The summed E-state index contributed by atoms with van der Waals surface area (Å²) in [5.41, 5.74) is 0. The molecule has 0 saturated carbocycles. The van der Waals surface area contributed by atoms with Crippen LogP contribution in [0.1, 0.15) is 12.8 Å². The number of ether oxygens (including phenoxy) is 2. The number of methoxy groups -OCH3 is 2. The number of alkyl carbamates (subject to hydrolysis) is 2. The monoisotopic (exact) mass is 228 g/mol. The molecule has 0 aromatic carbocycles. The van der Waals surface area contributed by atoms with Gasteiger partial charge in [0.1, 0.15) is 0 Å². The minimum absolute atomic E-state index is 0.170. The van der Waals surface area contributed by atoms with Gasteiger partial charge in [-0.2, -0.15) is 0 Å². The van der Waals surface area contributed by atoms with E-state index in [-0.39, 0.29) is 12.1 Å². The zero-order chi connectivity index (χ0) is 12.0. The van der Waals surface area contributed by atoms with Crippen molar-refractivity contribution in [2.75, 3.05) is 14.2 Å². The molecule has 0 spiro atoms. The Bertz CT molecular complexity index is 263. The van der Waals surface area contributed by atoms with E-state index in [1.807, 2.05) is 12.2 Å². The zero-order valence-corrected chi connectivity index (χ0v) is 9.36. The second-order valence-corrected chi connectivity index (χ2v) is 3.43. The maximum Gasteiger partial charge on any atom is 0.407 e. The van der Waals surface area contributed by atoms with Crippen LogP contribution in [0.2, 0.25) is 0 Å². The molecule has 0 saturated heterocycles. The molecule has 6 heteroatoms. The van der Waals surface area contributed by atoms with Gasteiger partial charge in [-0.1, -0.05) is 12.2 Å². The van der Waals surface area contributed by atoms with Crippen LogP contribution in [0.15, 0.2) is 12.2 Å². The third-order valence-electron chi connectivity index (χ3n) is 2.41. The molecule has 90 valence electrons. The van der Waals surface area contributed by atoms with E-state index in [0.29, 0.717) is 12.8 Å². The molecule has 0 aliphatic heterocycles. The lowest BCUT2D eigenvalue weighted by atomic mass is 9.96. The zero-order valence-electron chi connectivity index (χ0n) is 9.36. The van der Waals surface area contributed by atoms with Crippen molar-refractivity contribution in [3.8, 4) is 0 Å². The fourth-order valence-electron chi connectivity index (χ4n) is 1.55. The highest BCUT2D eigenvalue weighted by molar-refractivity contribution is 5.69. The molecule has 0 aromatic heterocycles. The van der Waals surface area contributed by atoms with E-state index in [1.165, 1.54) is 14.2 Å². The van der Waals surface area contributed by atoms with Crippen molar-refractivity contribution in [1.29, 1.82) is 0 Å². The Labute approximate surface area is 94.0 Å². The molecule has 2 N–H and O–H groups in total. The molecule has 0 heterocycles. The fourth-order valence-corrected chi connectivity index (χ4v) is 1.55. The van der Waals surface area contributed by atoms with E-state index >= 15 is 0 Å². The van der Waals surface area contributed by atoms with E-state index < -0.39 is 12.2 Å². The topological polar surface area (TPSA) is 76.7 Å². The van der Waals surface area contributed by atoms with Gasteiger partial charge >= 0.3 is 12.2 Å². The first kappa shape index (κ1) is 12.4. The van der Waals surface area contributed by atoms with Crippen LogP contribution in [0.4, 0.5) is 9.59 Å². The lowest BCUT2D eigenvalue weighted by Gasteiger charge is -2.28. The van der Waals surface area contributed by atoms with Crippen molar-refractivity contribution < 1.29 is 19.1 Å². The van der Waals surface area contributed by atoms with Gasteiger partial charge in [0, 0.05) is 0 Å². The van der Waals surface area contributed by atoms with Gasteiger partial charge in [-0.3, -0.25) is 0 Å². The smallest absolute Gasteiger partial charge is 0.407 e. The number of rotatable bonds is 2. The highest BCUT2D eigenvalue weighted by atomic mass is 16.5. The van der Waals surface area contributed by atoms with E-state index in [9.17, 15) is 9.59 Å². The van der Waals surface area contributed by atoms with Crippen molar-refractivity contribution in [3.05, 3.63) is 12.2 Å². The maximum atomic E-state index is 11.1. The molecule has 6 nitrogen and oxygen atoms in total. The van der Waals surface area contributed by atoms with Crippen LogP contribution >= 0.6 is 0 Å². The molecule has 2 atom stereocenters. The molecular formula is C10H16N2O4. The second kappa shape index (κ2) is 5.99. The van der Waals surface area contributed by atoms with Crippen molar-refractivity contribution in [2.24, 2.45) is 0 Å². The first-order valence-corrected chi connectivity index (χ1v) is 5.01. The largest absolute Gasteiger partial charge is 0.453 e. The number of amides is 2. The standard InChI is InChI=1S/C10H16N2O4/c1-15-9(13)11-7-5-3-4-6-8(7)12-10(14)16-2/h3-4,7-8H,5-6H2,1-2H3,(H,11,13)(H,12,14)/t7-,8-/m0/s1. The van der Waals surface area contributed by atoms with Gasteiger partial charge in [0.2, 0.25) is 0 Å². The first-order valence-electron chi connectivity index (χ1n) is 5.01. The molecular weight excluding hydrogens is 212 g/mol. The minimum atomic E-state index is -0.503. The van der Waals surface area contributed by atoms with Crippen LogP contribution in [0.3, 0.4) is 0 Å². The number of hydrogen-bond acceptors (Lipinski definition) is 4. The normalized spacial score (nSPS) is 23.4. The van der Waals surface area contributed by atoms with E-state index in [0.717, 1.165) is 0 Å². The maximum absolute atomic E-state index is 11.1. The number of carbonyl (C=O) groups excluding carboxylic acids is 2. The number of carbonyl (C=O) groups is 2. The Morgan fingerprint density at radius 1 is 1.00 bits per heavy atom. The summed E-state index contributed by atoms with van der Waals surface area (Å²) in [6.45, 7) is 0. The minimum Gasteiger partial charge on any atom is -0.453 e. The molecule has 0 bridgehead atoms. The molecule has 16 heavy (non-hydrogen) atoms. The van der Waals surface area contributed by atoms with Gasteiger partial charge in [-0.15, -0.1) is 0 Å². The van der Waals surface area contributed by atoms with Crippen LogP contribution in [0.25, 0.3) is 0 Å². The van der Waals surface area contributed by atoms with Crippen molar-refractivity contribution in [2.45, 2.75) is 24.9 Å². The van der Waals surface area contributed by atoms with E-state index in [2.05, 4.69) is 20.1 Å².